The molecular formula is C18H14ClN3O4S. The van der Waals surface area contributed by atoms with Crippen LogP contribution in [0.2, 0.25) is 5.02 Å². The molecule has 1 aliphatic heterocycles. The Bertz CT molecular complexity index is 977. The van der Waals surface area contributed by atoms with Gasteiger partial charge >= 0.3 is 0 Å². The first-order valence-electron chi connectivity index (χ1n) is 8.05. The van der Waals surface area contributed by atoms with Crippen LogP contribution in [0.15, 0.2) is 52.1 Å². The minimum Gasteiger partial charge on any atom is -0.454 e. The van der Waals surface area contributed by atoms with Crippen LogP contribution >= 0.6 is 23.4 Å². The summed E-state index contributed by atoms with van der Waals surface area (Å²) in [5.74, 6) is 1.45. The summed E-state index contributed by atoms with van der Waals surface area (Å²) >= 11 is 7.06. The lowest BCUT2D eigenvalue weighted by atomic mass is 10.2. The summed E-state index contributed by atoms with van der Waals surface area (Å²) < 4.78 is 16.2. The van der Waals surface area contributed by atoms with Gasteiger partial charge in [-0.3, -0.25) is 4.79 Å². The zero-order valence-corrected chi connectivity index (χ0v) is 15.7. The molecule has 138 valence electrons. The number of anilines is 1. The molecule has 1 atom stereocenters. The second-order valence-electron chi connectivity index (χ2n) is 5.70. The fraction of sp³-hybridized carbons (Fsp3) is 0.167. The number of hydrogen-bond acceptors (Lipinski definition) is 7. The summed E-state index contributed by atoms with van der Waals surface area (Å²) in [6, 6.07) is 12.3. The van der Waals surface area contributed by atoms with Crippen LogP contribution in [0.1, 0.15) is 6.92 Å². The van der Waals surface area contributed by atoms with Gasteiger partial charge in [-0.05, 0) is 43.3 Å². The molecule has 0 saturated carbocycles. The van der Waals surface area contributed by atoms with Crippen LogP contribution in [-0.4, -0.2) is 28.1 Å². The average molecular weight is 404 g/mol. The highest BCUT2D eigenvalue weighted by Crippen LogP contribution is 2.34. The van der Waals surface area contributed by atoms with E-state index in [0.29, 0.717) is 33.3 Å². The van der Waals surface area contributed by atoms with E-state index in [-0.39, 0.29) is 12.7 Å². The van der Waals surface area contributed by atoms with Gasteiger partial charge in [-0.1, -0.05) is 23.4 Å². The summed E-state index contributed by atoms with van der Waals surface area (Å²) in [5, 5.41) is 11.3. The van der Waals surface area contributed by atoms with Gasteiger partial charge < -0.3 is 19.2 Å². The zero-order valence-electron chi connectivity index (χ0n) is 14.1. The lowest BCUT2D eigenvalue weighted by molar-refractivity contribution is -0.115. The number of fused-ring (bicyclic) bond motifs is 1. The average Bonchev–Trinajstić information content (AvgIpc) is 3.31. The van der Waals surface area contributed by atoms with Gasteiger partial charge in [0.1, 0.15) is 0 Å². The van der Waals surface area contributed by atoms with Gasteiger partial charge in [-0.2, -0.15) is 0 Å². The highest BCUT2D eigenvalue weighted by Gasteiger charge is 2.20. The molecule has 1 aliphatic rings. The Morgan fingerprint density at radius 3 is 2.74 bits per heavy atom. The van der Waals surface area contributed by atoms with E-state index in [4.69, 9.17) is 25.5 Å². The molecule has 1 amide bonds. The SMILES string of the molecule is CC(Sc1nnc(-c2ccc(Cl)cc2)o1)C(=O)Nc1ccc2c(c1)OCO2. The van der Waals surface area contributed by atoms with Crippen LogP contribution < -0.4 is 14.8 Å². The van der Waals surface area contributed by atoms with Gasteiger partial charge in [-0.25, -0.2) is 0 Å². The minimum atomic E-state index is -0.436. The normalized spacial score (nSPS) is 13.4. The first-order valence-corrected chi connectivity index (χ1v) is 9.31. The number of nitrogens with one attached hydrogen (secondary N) is 1. The molecule has 0 spiro atoms. The maximum Gasteiger partial charge on any atom is 0.277 e. The third kappa shape index (κ3) is 4.01. The lowest BCUT2D eigenvalue weighted by Crippen LogP contribution is -2.22. The molecule has 3 aromatic rings. The number of nitrogens with zero attached hydrogens (tertiary/aromatic N) is 2. The number of thioether (sulfide) groups is 1. The molecule has 0 radical (unpaired) electrons. The molecule has 0 fully saturated rings. The van der Waals surface area contributed by atoms with Crippen LogP contribution in [-0.2, 0) is 4.79 Å². The highest BCUT2D eigenvalue weighted by molar-refractivity contribution is 8.00. The van der Waals surface area contributed by atoms with Crippen molar-refractivity contribution in [1.29, 1.82) is 0 Å². The van der Waals surface area contributed by atoms with Gasteiger partial charge in [-0.15, -0.1) is 10.2 Å². The fourth-order valence-electron chi connectivity index (χ4n) is 2.39. The molecular weight excluding hydrogens is 390 g/mol. The van der Waals surface area contributed by atoms with E-state index in [2.05, 4.69) is 15.5 Å². The van der Waals surface area contributed by atoms with E-state index in [1.165, 1.54) is 11.8 Å². The van der Waals surface area contributed by atoms with E-state index in [1.54, 1.807) is 49.4 Å². The Morgan fingerprint density at radius 1 is 1.15 bits per heavy atom. The largest absolute Gasteiger partial charge is 0.454 e. The smallest absolute Gasteiger partial charge is 0.277 e. The van der Waals surface area contributed by atoms with Gasteiger partial charge in [0.15, 0.2) is 11.5 Å². The van der Waals surface area contributed by atoms with Crippen molar-refractivity contribution in [2.24, 2.45) is 0 Å². The number of benzene rings is 2. The van der Waals surface area contributed by atoms with E-state index in [0.717, 1.165) is 5.56 Å². The standard InChI is InChI=1S/C18H14ClN3O4S/c1-10(16(23)20-13-6-7-14-15(8-13)25-9-24-14)27-18-22-21-17(26-18)11-2-4-12(19)5-3-11/h2-8,10H,9H2,1H3,(H,20,23). The third-order valence-electron chi connectivity index (χ3n) is 3.78. The number of carbonyl (C=O) groups excluding carboxylic acids is 1. The summed E-state index contributed by atoms with van der Waals surface area (Å²) in [5.41, 5.74) is 1.39. The summed E-state index contributed by atoms with van der Waals surface area (Å²) in [4.78, 5) is 12.4. The number of halogens is 1. The maximum absolute atomic E-state index is 12.4. The van der Waals surface area contributed by atoms with E-state index >= 15 is 0 Å². The number of carbonyl (C=O) groups is 1. The van der Waals surface area contributed by atoms with E-state index in [9.17, 15) is 4.79 Å². The van der Waals surface area contributed by atoms with Crippen molar-refractivity contribution in [3.8, 4) is 23.0 Å². The van der Waals surface area contributed by atoms with Crippen molar-refractivity contribution in [2.75, 3.05) is 12.1 Å². The topological polar surface area (TPSA) is 86.5 Å². The van der Waals surface area contributed by atoms with Crippen molar-refractivity contribution < 1.29 is 18.7 Å². The molecule has 1 unspecified atom stereocenters. The van der Waals surface area contributed by atoms with E-state index in [1.807, 2.05) is 0 Å². The molecule has 27 heavy (non-hydrogen) atoms. The van der Waals surface area contributed by atoms with Gasteiger partial charge in [0.25, 0.3) is 5.22 Å². The minimum absolute atomic E-state index is 0.187. The summed E-state index contributed by atoms with van der Waals surface area (Å²) in [7, 11) is 0. The molecule has 2 heterocycles. The molecule has 0 saturated heterocycles. The Morgan fingerprint density at radius 2 is 1.93 bits per heavy atom. The second kappa shape index (κ2) is 7.50. The molecule has 1 aromatic heterocycles. The quantitative estimate of drug-likeness (QED) is 0.637. The first kappa shape index (κ1) is 17.7. The third-order valence-corrected chi connectivity index (χ3v) is 4.97. The Kier molecular flexibility index (Phi) is 4.91. The van der Waals surface area contributed by atoms with Crippen molar-refractivity contribution in [3.63, 3.8) is 0 Å². The number of hydrogen-bond donors (Lipinski definition) is 1. The van der Waals surface area contributed by atoms with Crippen molar-refractivity contribution >= 4 is 35.0 Å². The fourth-order valence-corrected chi connectivity index (χ4v) is 3.20. The van der Waals surface area contributed by atoms with Gasteiger partial charge in [0, 0.05) is 22.3 Å². The number of rotatable bonds is 5. The summed E-state index contributed by atoms with van der Waals surface area (Å²) in [6.07, 6.45) is 0. The number of ether oxygens (including phenoxy) is 2. The molecule has 0 bridgehead atoms. The predicted molar refractivity (Wildman–Crippen MR) is 101 cm³/mol. The molecule has 1 N–H and O–H groups in total. The Labute approximate surface area is 164 Å². The molecule has 0 aliphatic carbocycles. The van der Waals surface area contributed by atoms with Crippen LogP contribution in [0.5, 0.6) is 11.5 Å². The van der Waals surface area contributed by atoms with Crippen LogP contribution in [0, 0.1) is 0 Å². The van der Waals surface area contributed by atoms with E-state index < -0.39 is 5.25 Å². The van der Waals surface area contributed by atoms with Gasteiger partial charge in [0.2, 0.25) is 18.6 Å². The molecule has 9 heteroatoms. The lowest BCUT2D eigenvalue weighted by Gasteiger charge is -2.10. The number of amides is 1. The van der Waals surface area contributed by atoms with Crippen LogP contribution in [0.25, 0.3) is 11.5 Å². The first-order chi connectivity index (χ1) is 13.1. The van der Waals surface area contributed by atoms with Crippen molar-refractivity contribution in [3.05, 3.63) is 47.5 Å². The number of aromatic nitrogens is 2. The molecule has 2 aromatic carbocycles. The van der Waals surface area contributed by atoms with Crippen LogP contribution in [0.3, 0.4) is 0 Å². The maximum atomic E-state index is 12.4. The van der Waals surface area contributed by atoms with Gasteiger partial charge in [0.05, 0.1) is 5.25 Å². The highest BCUT2D eigenvalue weighted by atomic mass is 35.5. The van der Waals surface area contributed by atoms with Crippen molar-refractivity contribution in [1.82, 2.24) is 10.2 Å². The van der Waals surface area contributed by atoms with Crippen molar-refractivity contribution in [2.45, 2.75) is 17.4 Å². The monoisotopic (exact) mass is 403 g/mol. The predicted octanol–water partition coefficient (Wildman–Crippen LogP) is 4.24. The van der Waals surface area contributed by atoms with Crippen LogP contribution in [0.4, 0.5) is 5.69 Å². The molecule has 7 nitrogen and oxygen atoms in total. The Hall–Kier alpha value is -2.71. The zero-order chi connectivity index (χ0) is 18.8. The summed E-state index contributed by atoms with van der Waals surface area (Å²) in [6.45, 7) is 1.95. The molecule has 4 rings (SSSR count). The Balaban J connectivity index is 1.39. The second-order valence-corrected chi connectivity index (χ2v) is 7.43.